The summed E-state index contributed by atoms with van der Waals surface area (Å²) in [4.78, 5) is 12.2. The van der Waals surface area contributed by atoms with Crippen LogP contribution >= 0.6 is 11.6 Å². The number of aryl methyl sites for hydroxylation is 2. The fourth-order valence-electron chi connectivity index (χ4n) is 2.54. The van der Waals surface area contributed by atoms with Gasteiger partial charge in [-0.05, 0) is 54.8 Å². The molecule has 0 fully saturated rings. The number of hydrogen-bond acceptors (Lipinski definition) is 5. The molecule has 0 aliphatic rings. The number of amides is 1. The maximum atomic E-state index is 12.1. The predicted octanol–water partition coefficient (Wildman–Crippen LogP) is 2.58. The number of carbonyl (C=O) groups excluding carboxylic acids is 1. The van der Waals surface area contributed by atoms with E-state index in [9.17, 15) is 13.2 Å². The lowest BCUT2D eigenvalue weighted by Crippen LogP contribution is -2.28. The Balaban J connectivity index is 1.84. The van der Waals surface area contributed by atoms with Gasteiger partial charge in [-0.15, -0.1) is 0 Å². The summed E-state index contributed by atoms with van der Waals surface area (Å²) in [5, 5.41) is 3.42. The van der Waals surface area contributed by atoms with Crippen molar-refractivity contribution in [1.82, 2.24) is 10.0 Å². The van der Waals surface area contributed by atoms with E-state index < -0.39 is 10.0 Å². The van der Waals surface area contributed by atoms with Crippen molar-refractivity contribution < 1.29 is 22.7 Å². The molecule has 158 valence electrons. The summed E-state index contributed by atoms with van der Waals surface area (Å²) in [6, 6.07) is 9.85. The van der Waals surface area contributed by atoms with Gasteiger partial charge in [0.25, 0.3) is 5.91 Å². The fourth-order valence-corrected chi connectivity index (χ4v) is 3.66. The van der Waals surface area contributed by atoms with Crippen LogP contribution in [-0.2, 0) is 26.1 Å². The van der Waals surface area contributed by atoms with Crippen molar-refractivity contribution in [2.75, 3.05) is 26.9 Å². The quantitative estimate of drug-likeness (QED) is 0.554. The predicted molar refractivity (Wildman–Crippen MR) is 112 cm³/mol. The number of nitrogens with one attached hydrogen (secondary N) is 2. The molecule has 0 bridgehead atoms. The first kappa shape index (κ1) is 23.2. The summed E-state index contributed by atoms with van der Waals surface area (Å²) >= 11 is 6.12. The molecule has 2 N–H and O–H groups in total. The minimum absolute atomic E-state index is 0.129. The van der Waals surface area contributed by atoms with Crippen molar-refractivity contribution in [3.63, 3.8) is 0 Å². The van der Waals surface area contributed by atoms with Crippen molar-refractivity contribution in [3.05, 3.63) is 58.1 Å². The highest BCUT2D eigenvalue weighted by molar-refractivity contribution is 7.89. The zero-order valence-corrected chi connectivity index (χ0v) is 18.2. The average molecular weight is 441 g/mol. The third-order valence-corrected chi connectivity index (χ3v) is 6.17. The first-order valence-electron chi connectivity index (χ1n) is 8.96. The fraction of sp³-hybridized carbons (Fsp3) is 0.350. The Bertz CT molecular complexity index is 923. The molecule has 0 saturated carbocycles. The first-order chi connectivity index (χ1) is 13.7. The van der Waals surface area contributed by atoms with E-state index in [1.165, 1.54) is 19.2 Å². The molecule has 0 heterocycles. The zero-order valence-electron chi connectivity index (χ0n) is 16.6. The van der Waals surface area contributed by atoms with Crippen LogP contribution < -0.4 is 14.8 Å². The molecule has 0 saturated heterocycles. The van der Waals surface area contributed by atoms with Crippen LogP contribution in [0.1, 0.15) is 16.7 Å². The highest BCUT2D eigenvalue weighted by atomic mass is 35.5. The van der Waals surface area contributed by atoms with Crippen LogP contribution in [0, 0.1) is 13.8 Å². The van der Waals surface area contributed by atoms with E-state index in [1.54, 1.807) is 24.3 Å². The van der Waals surface area contributed by atoms with E-state index in [4.69, 9.17) is 21.1 Å². The van der Waals surface area contributed by atoms with Crippen LogP contribution in [0.5, 0.6) is 5.75 Å². The Morgan fingerprint density at radius 3 is 2.31 bits per heavy atom. The average Bonchev–Trinajstić information content (AvgIpc) is 2.69. The number of sulfonamides is 1. The summed E-state index contributed by atoms with van der Waals surface area (Å²) in [6.07, 6.45) is 0. The molecular weight excluding hydrogens is 416 g/mol. The minimum atomic E-state index is -3.58. The van der Waals surface area contributed by atoms with Gasteiger partial charge in [0, 0.05) is 25.2 Å². The van der Waals surface area contributed by atoms with Gasteiger partial charge in [0.05, 0.1) is 11.5 Å². The van der Waals surface area contributed by atoms with E-state index in [-0.39, 0.29) is 30.5 Å². The molecule has 29 heavy (non-hydrogen) atoms. The number of methoxy groups -OCH3 is 1. The molecule has 1 amide bonds. The lowest BCUT2D eigenvalue weighted by atomic mass is 10.1. The van der Waals surface area contributed by atoms with Gasteiger partial charge in [0.2, 0.25) is 10.0 Å². The molecule has 0 atom stereocenters. The molecule has 2 aromatic rings. The molecule has 2 aromatic carbocycles. The van der Waals surface area contributed by atoms with E-state index >= 15 is 0 Å². The first-order valence-corrected chi connectivity index (χ1v) is 10.8. The van der Waals surface area contributed by atoms with Gasteiger partial charge in [-0.25, -0.2) is 13.1 Å². The second-order valence-corrected chi connectivity index (χ2v) is 8.62. The molecule has 0 aliphatic heterocycles. The lowest BCUT2D eigenvalue weighted by Gasteiger charge is -2.11. The zero-order chi connectivity index (χ0) is 21.4. The van der Waals surface area contributed by atoms with Gasteiger partial charge in [-0.1, -0.05) is 23.7 Å². The number of hydrogen-bond donors (Lipinski definition) is 2. The Hall–Kier alpha value is -2.13. The van der Waals surface area contributed by atoms with Gasteiger partial charge in [-0.2, -0.15) is 0 Å². The Kier molecular flexibility index (Phi) is 8.45. The van der Waals surface area contributed by atoms with Crippen LogP contribution in [0.2, 0.25) is 5.02 Å². The van der Waals surface area contributed by atoms with E-state index in [0.717, 1.165) is 16.7 Å². The number of carbonyl (C=O) groups is 1. The van der Waals surface area contributed by atoms with Crippen LogP contribution in [0.25, 0.3) is 0 Å². The maximum absolute atomic E-state index is 12.1. The van der Waals surface area contributed by atoms with Crippen molar-refractivity contribution in [1.29, 1.82) is 0 Å². The van der Waals surface area contributed by atoms with Crippen LogP contribution in [0.15, 0.2) is 41.3 Å². The Labute approximate surface area is 176 Å². The number of ether oxygens (including phenoxy) is 2. The molecule has 0 unspecified atom stereocenters. The van der Waals surface area contributed by atoms with Crippen LogP contribution in [0.4, 0.5) is 0 Å². The molecule has 0 aliphatic carbocycles. The highest BCUT2D eigenvalue weighted by Gasteiger charge is 2.13. The summed E-state index contributed by atoms with van der Waals surface area (Å²) < 4.78 is 37.0. The van der Waals surface area contributed by atoms with Crippen LogP contribution in [-0.4, -0.2) is 41.2 Å². The topological polar surface area (TPSA) is 93.7 Å². The molecule has 2 rings (SSSR count). The van der Waals surface area contributed by atoms with Crippen molar-refractivity contribution >= 4 is 27.5 Å². The standard InChI is InChI=1S/C20H25ClN2O5S/c1-14-10-17(11-15(2)20(14)21)28-13-19(24)22-12-16-4-6-18(7-5-16)29(25,26)23-8-9-27-3/h4-7,10-11,23H,8-9,12-13H2,1-3H3,(H,22,24). The third-order valence-electron chi connectivity index (χ3n) is 4.10. The number of benzene rings is 2. The molecular formula is C20H25ClN2O5S. The van der Waals surface area contributed by atoms with Crippen LogP contribution in [0.3, 0.4) is 0 Å². The lowest BCUT2D eigenvalue weighted by molar-refractivity contribution is -0.123. The molecule has 9 heteroatoms. The summed E-state index contributed by atoms with van der Waals surface area (Å²) in [5.74, 6) is 0.295. The van der Waals surface area contributed by atoms with E-state index in [2.05, 4.69) is 10.0 Å². The monoisotopic (exact) mass is 440 g/mol. The van der Waals surface area contributed by atoms with Gasteiger partial charge < -0.3 is 14.8 Å². The molecule has 0 aromatic heterocycles. The number of rotatable bonds is 10. The van der Waals surface area contributed by atoms with Gasteiger partial charge in [0.1, 0.15) is 5.75 Å². The second-order valence-electron chi connectivity index (χ2n) is 6.47. The molecule has 0 spiro atoms. The largest absolute Gasteiger partial charge is 0.484 e. The smallest absolute Gasteiger partial charge is 0.258 e. The SMILES string of the molecule is COCCNS(=O)(=O)c1ccc(CNC(=O)COc2cc(C)c(Cl)c(C)c2)cc1. The molecule has 7 nitrogen and oxygen atoms in total. The Morgan fingerprint density at radius 1 is 1.10 bits per heavy atom. The summed E-state index contributed by atoms with van der Waals surface area (Å²) in [5.41, 5.74) is 2.54. The van der Waals surface area contributed by atoms with Crippen molar-refractivity contribution in [3.8, 4) is 5.75 Å². The van der Waals surface area contributed by atoms with Gasteiger partial charge in [0.15, 0.2) is 6.61 Å². The summed E-state index contributed by atoms with van der Waals surface area (Å²) in [7, 11) is -2.08. The van der Waals surface area contributed by atoms with E-state index in [1.807, 2.05) is 13.8 Å². The maximum Gasteiger partial charge on any atom is 0.258 e. The number of halogens is 1. The Morgan fingerprint density at radius 2 is 1.72 bits per heavy atom. The second kappa shape index (κ2) is 10.6. The normalized spacial score (nSPS) is 11.3. The highest BCUT2D eigenvalue weighted by Crippen LogP contribution is 2.25. The van der Waals surface area contributed by atoms with Gasteiger partial charge >= 0.3 is 0 Å². The van der Waals surface area contributed by atoms with Crippen molar-refractivity contribution in [2.24, 2.45) is 0 Å². The van der Waals surface area contributed by atoms with Crippen molar-refractivity contribution in [2.45, 2.75) is 25.3 Å². The molecule has 0 radical (unpaired) electrons. The minimum Gasteiger partial charge on any atom is -0.484 e. The van der Waals surface area contributed by atoms with Gasteiger partial charge in [-0.3, -0.25) is 4.79 Å². The van der Waals surface area contributed by atoms with E-state index in [0.29, 0.717) is 17.4 Å². The third kappa shape index (κ3) is 7.01. The summed E-state index contributed by atoms with van der Waals surface area (Å²) in [6.45, 7) is 4.37.